The van der Waals surface area contributed by atoms with Gasteiger partial charge in [-0.15, -0.1) is 0 Å². The maximum atomic E-state index is 12.1. The number of hydrogen-bond acceptors (Lipinski definition) is 4. The van der Waals surface area contributed by atoms with Crippen LogP contribution >= 0.6 is 0 Å². The maximum Gasteiger partial charge on any atom is 0.327 e. The fourth-order valence-corrected chi connectivity index (χ4v) is 2.85. The van der Waals surface area contributed by atoms with Crippen LogP contribution in [-0.2, 0) is 9.59 Å². The van der Waals surface area contributed by atoms with Crippen molar-refractivity contribution in [3.05, 3.63) is 29.8 Å². The molecule has 2 heterocycles. The molecular formula is C15H14N4O3. The quantitative estimate of drug-likeness (QED) is 0.840. The van der Waals surface area contributed by atoms with Crippen LogP contribution in [0.2, 0.25) is 0 Å². The lowest BCUT2D eigenvalue weighted by atomic mass is 10.2. The van der Waals surface area contributed by atoms with E-state index in [1.807, 2.05) is 6.07 Å². The minimum absolute atomic E-state index is 0.314. The largest absolute Gasteiger partial charge is 0.327 e. The number of hydrogen-bond donors (Lipinski definition) is 1. The first-order valence-corrected chi connectivity index (χ1v) is 7.03. The normalized spacial score (nSPS) is 20.0. The number of nitrogens with one attached hydrogen (secondary N) is 1. The zero-order valence-corrected chi connectivity index (χ0v) is 11.8. The number of urea groups is 1. The summed E-state index contributed by atoms with van der Waals surface area (Å²) in [5, 5.41) is 11.6. The van der Waals surface area contributed by atoms with Gasteiger partial charge in [-0.2, -0.15) is 5.26 Å². The molecule has 1 aromatic carbocycles. The minimum atomic E-state index is -0.495. The summed E-state index contributed by atoms with van der Waals surface area (Å²) in [5.74, 6) is -0.809. The van der Waals surface area contributed by atoms with E-state index >= 15 is 0 Å². The van der Waals surface area contributed by atoms with Crippen LogP contribution in [0.15, 0.2) is 24.3 Å². The molecule has 22 heavy (non-hydrogen) atoms. The Bertz CT molecular complexity index is 672. The van der Waals surface area contributed by atoms with Crippen LogP contribution in [0.1, 0.15) is 18.4 Å². The Balaban J connectivity index is 1.69. The third-order valence-corrected chi connectivity index (χ3v) is 3.90. The number of amides is 4. The molecule has 2 fully saturated rings. The molecule has 2 saturated heterocycles. The first-order chi connectivity index (χ1) is 10.6. The van der Waals surface area contributed by atoms with Crippen molar-refractivity contribution in [2.45, 2.75) is 18.9 Å². The van der Waals surface area contributed by atoms with Gasteiger partial charge >= 0.3 is 6.03 Å². The van der Waals surface area contributed by atoms with Crippen molar-refractivity contribution >= 4 is 23.5 Å². The van der Waals surface area contributed by atoms with Gasteiger partial charge in [0.05, 0.1) is 11.3 Å². The fourth-order valence-electron chi connectivity index (χ4n) is 2.85. The smallest absolute Gasteiger partial charge is 0.323 e. The number of nitrogens with zero attached hydrogens (tertiary/aromatic N) is 3. The fraction of sp³-hybridized carbons (Fsp3) is 0.333. The molecule has 0 aromatic heterocycles. The van der Waals surface area contributed by atoms with Crippen molar-refractivity contribution in [1.29, 1.82) is 5.26 Å². The van der Waals surface area contributed by atoms with E-state index in [4.69, 9.17) is 5.26 Å². The predicted molar refractivity (Wildman–Crippen MR) is 76.6 cm³/mol. The molecule has 0 unspecified atom stereocenters. The van der Waals surface area contributed by atoms with Gasteiger partial charge in [-0.05, 0) is 25.0 Å². The van der Waals surface area contributed by atoms with Crippen molar-refractivity contribution in [3.8, 4) is 6.07 Å². The second-order valence-electron chi connectivity index (χ2n) is 5.26. The van der Waals surface area contributed by atoms with Crippen LogP contribution in [0.3, 0.4) is 0 Å². The van der Waals surface area contributed by atoms with E-state index in [2.05, 4.69) is 5.32 Å². The summed E-state index contributed by atoms with van der Waals surface area (Å²) in [5.41, 5.74) is 0.699. The molecule has 2 aliphatic heterocycles. The van der Waals surface area contributed by atoms with E-state index in [1.54, 1.807) is 24.3 Å². The molecule has 2 aliphatic rings. The molecule has 0 aliphatic carbocycles. The van der Waals surface area contributed by atoms with Crippen LogP contribution in [0.25, 0.3) is 0 Å². The average Bonchev–Trinajstić information content (AvgIpc) is 3.08. The van der Waals surface area contributed by atoms with Gasteiger partial charge in [-0.25, -0.2) is 4.79 Å². The molecule has 112 valence electrons. The monoisotopic (exact) mass is 298 g/mol. The molecule has 1 atom stereocenters. The molecule has 3 rings (SSSR count). The van der Waals surface area contributed by atoms with Gasteiger partial charge in [0.2, 0.25) is 5.91 Å². The minimum Gasteiger partial charge on any atom is -0.323 e. The predicted octanol–water partition coefficient (Wildman–Crippen LogP) is 0.923. The topological polar surface area (TPSA) is 93.5 Å². The van der Waals surface area contributed by atoms with Crippen molar-refractivity contribution in [1.82, 2.24) is 9.80 Å². The molecule has 0 saturated carbocycles. The maximum absolute atomic E-state index is 12.1. The highest BCUT2D eigenvalue weighted by molar-refractivity contribution is 6.08. The number of nitriles is 1. The Hall–Kier alpha value is -2.88. The Kier molecular flexibility index (Phi) is 3.51. The highest BCUT2D eigenvalue weighted by atomic mass is 16.2. The van der Waals surface area contributed by atoms with E-state index in [0.29, 0.717) is 24.2 Å². The summed E-state index contributed by atoms with van der Waals surface area (Å²) in [7, 11) is 0. The number of imide groups is 1. The molecule has 0 bridgehead atoms. The van der Waals surface area contributed by atoms with Crippen molar-refractivity contribution in [3.63, 3.8) is 0 Å². The van der Waals surface area contributed by atoms with Gasteiger partial charge in [0, 0.05) is 6.54 Å². The van der Waals surface area contributed by atoms with Gasteiger partial charge in [-0.1, -0.05) is 12.1 Å². The number of para-hydroxylation sites is 1. The summed E-state index contributed by atoms with van der Waals surface area (Å²) in [4.78, 5) is 38.8. The Morgan fingerprint density at radius 1 is 1.36 bits per heavy atom. The molecule has 7 nitrogen and oxygen atoms in total. The first kappa shape index (κ1) is 14.1. The van der Waals surface area contributed by atoms with E-state index < -0.39 is 18.0 Å². The third-order valence-electron chi connectivity index (χ3n) is 3.90. The van der Waals surface area contributed by atoms with Crippen LogP contribution in [0.5, 0.6) is 0 Å². The Morgan fingerprint density at radius 2 is 2.14 bits per heavy atom. The van der Waals surface area contributed by atoms with E-state index in [1.165, 1.54) is 4.90 Å². The summed E-state index contributed by atoms with van der Waals surface area (Å²) in [6.45, 7) is 0.231. The first-order valence-electron chi connectivity index (χ1n) is 7.03. The summed E-state index contributed by atoms with van der Waals surface area (Å²) >= 11 is 0. The molecule has 7 heteroatoms. The second kappa shape index (κ2) is 5.48. The van der Waals surface area contributed by atoms with Crippen LogP contribution in [0.4, 0.5) is 10.5 Å². The molecule has 0 spiro atoms. The highest BCUT2D eigenvalue weighted by Crippen LogP contribution is 2.27. The summed E-state index contributed by atoms with van der Waals surface area (Å²) in [6, 6.07) is 7.72. The van der Waals surface area contributed by atoms with Crippen molar-refractivity contribution < 1.29 is 14.4 Å². The van der Waals surface area contributed by atoms with E-state index in [-0.39, 0.29) is 12.5 Å². The number of rotatable bonds is 3. The average molecular weight is 298 g/mol. The molecular weight excluding hydrogens is 284 g/mol. The lowest BCUT2D eigenvalue weighted by molar-refractivity contribution is -0.131. The molecule has 4 amide bonds. The number of anilines is 1. The molecule has 1 N–H and O–H groups in total. The van der Waals surface area contributed by atoms with Crippen molar-refractivity contribution in [2.24, 2.45) is 0 Å². The number of fused-ring (bicyclic) bond motifs is 1. The zero-order valence-electron chi connectivity index (χ0n) is 11.8. The third kappa shape index (κ3) is 2.29. The molecule has 0 radical (unpaired) electrons. The molecule has 1 aromatic rings. The lowest BCUT2D eigenvalue weighted by Gasteiger charge is -2.15. The van der Waals surface area contributed by atoms with Gasteiger partial charge in [-0.3, -0.25) is 14.5 Å². The van der Waals surface area contributed by atoms with Gasteiger partial charge in [0.25, 0.3) is 5.91 Å². The van der Waals surface area contributed by atoms with E-state index in [0.717, 1.165) is 11.3 Å². The second-order valence-corrected chi connectivity index (χ2v) is 5.26. The van der Waals surface area contributed by atoms with E-state index in [9.17, 15) is 14.4 Å². The highest BCUT2D eigenvalue weighted by Gasteiger charge is 2.47. The van der Waals surface area contributed by atoms with Gasteiger partial charge < -0.3 is 10.2 Å². The van der Waals surface area contributed by atoms with Gasteiger partial charge in [0.15, 0.2) is 0 Å². The van der Waals surface area contributed by atoms with Gasteiger partial charge in [0.1, 0.15) is 18.7 Å². The number of benzene rings is 1. The summed E-state index contributed by atoms with van der Waals surface area (Å²) in [6.07, 6.45) is 1.47. The zero-order chi connectivity index (χ0) is 15.7. The van der Waals surface area contributed by atoms with Crippen molar-refractivity contribution in [2.75, 3.05) is 18.4 Å². The summed E-state index contributed by atoms with van der Waals surface area (Å²) < 4.78 is 0. The van der Waals surface area contributed by atoms with Crippen LogP contribution in [0, 0.1) is 11.3 Å². The standard InChI is InChI=1S/C15H14N4O3/c16-8-10-4-1-2-5-11(10)17-13(20)9-19-14(21)12-6-3-7-18(12)15(19)22/h1-2,4-5,12H,3,6-7,9H2,(H,17,20)/t12-/m1/s1. The van der Waals surface area contributed by atoms with Crippen LogP contribution in [-0.4, -0.2) is 46.8 Å². The van der Waals surface area contributed by atoms with Crippen LogP contribution < -0.4 is 5.32 Å². The number of carbonyl (C=O) groups is 3. The Morgan fingerprint density at radius 3 is 2.86 bits per heavy atom. The number of carbonyl (C=O) groups excluding carboxylic acids is 3. The SMILES string of the molecule is N#Cc1ccccc1NC(=O)CN1C(=O)[C@H]2CCCN2C1=O. The lowest BCUT2D eigenvalue weighted by Crippen LogP contribution is -2.39. The Labute approximate surface area is 127 Å².